The van der Waals surface area contributed by atoms with Gasteiger partial charge in [0.1, 0.15) is 21.3 Å². The number of rotatable bonds is 7. The van der Waals surface area contributed by atoms with Crippen molar-refractivity contribution in [2.75, 3.05) is 13.7 Å². The quantitative estimate of drug-likeness (QED) is 0.477. The first-order chi connectivity index (χ1) is 15.1. The van der Waals surface area contributed by atoms with E-state index in [1.807, 2.05) is 56.3 Å². The molecule has 0 aliphatic carbocycles. The predicted octanol–water partition coefficient (Wildman–Crippen LogP) is 3.99. The van der Waals surface area contributed by atoms with Crippen molar-refractivity contribution in [3.8, 4) is 22.1 Å². The van der Waals surface area contributed by atoms with Crippen LogP contribution in [-0.4, -0.2) is 39.5 Å². The van der Waals surface area contributed by atoms with Crippen molar-refractivity contribution in [3.63, 3.8) is 0 Å². The Morgan fingerprint density at radius 3 is 2.71 bits per heavy atom. The zero-order valence-electron chi connectivity index (χ0n) is 17.6. The number of thiazole rings is 1. The highest BCUT2D eigenvalue weighted by atomic mass is 32.1. The maximum atomic E-state index is 12.7. The summed E-state index contributed by atoms with van der Waals surface area (Å²) in [5.41, 5.74) is 4.24. The van der Waals surface area contributed by atoms with Crippen molar-refractivity contribution in [1.82, 2.24) is 25.3 Å². The molecule has 7 nitrogen and oxygen atoms in total. The fourth-order valence-electron chi connectivity index (χ4n) is 3.27. The van der Waals surface area contributed by atoms with Crippen molar-refractivity contribution >= 4 is 17.2 Å². The molecule has 0 fully saturated rings. The average Bonchev–Trinajstić information content (AvgIpc) is 3.36. The van der Waals surface area contributed by atoms with Crippen molar-refractivity contribution in [2.45, 2.75) is 20.3 Å². The molecule has 31 heavy (non-hydrogen) atoms. The molecule has 0 aliphatic heterocycles. The zero-order valence-corrected chi connectivity index (χ0v) is 18.4. The lowest BCUT2D eigenvalue weighted by atomic mass is 10.1. The standard InChI is InChI=1S/C23H23N5O2S/c1-15-21(22(29)24-13-12-17-8-5-4-6-9-17)31-23(25-15)20-16(2)28(27-26-20)18-10-7-11-19(14-18)30-3/h4-11,14H,12-13H2,1-3H3,(H,24,29). The van der Waals surface area contributed by atoms with Gasteiger partial charge < -0.3 is 10.1 Å². The van der Waals surface area contributed by atoms with E-state index in [1.165, 1.54) is 16.9 Å². The Kier molecular flexibility index (Phi) is 6.08. The molecular formula is C23H23N5O2S. The summed E-state index contributed by atoms with van der Waals surface area (Å²) in [6, 6.07) is 17.7. The van der Waals surface area contributed by atoms with Gasteiger partial charge in [-0.3, -0.25) is 4.79 Å². The molecule has 0 spiro atoms. The molecule has 1 N–H and O–H groups in total. The highest BCUT2D eigenvalue weighted by molar-refractivity contribution is 7.17. The van der Waals surface area contributed by atoms with Crippen LogP contribution in [0.25, 0.3) is 16.4 Å². The van der Waals surface area contributed by atoms with Gasteiger partial charge in [0.25, 0.3) is 5.91 Å². The molecule has 0 atom stereocenters. The zero-order chi connectivity index (χ0) is 21.8. The molecule has 4 rings (SSSR count). The molecule has 1 amide bonds. The van der Waals surface area contributed by atoms with Gasteiger partial charge in [-0.25, -0.2) is 9.67 Å². The lowest BCUT2D eigenvalue weighted by Gasteiger charge is -2.05. The van der Waals surface area contributed by atoms with E-state index < -0.39 is 0 Å². The molecule has 8 heteroatoms. The summed E-state index contributed by atoms with van der Waals surface area (Å²) >= 11 is 1.33. The lowest BCUT2D eigenvalue weighted by Crippen LogP contribution is -2.25. The molecule has 2 heterocycles. The topological polar surface area (TPSA) is 81.9 Å². The third-order valence-electron chi connectivity index (χ3n) is 4.94. The smallest absolute Gasteiger partial charge is 0.263 e. The minimum Gasteiger partial charge on any atom is -0.497 e. The minimum atomic E-state index is -0.116. The molecule has 0 radical (unpaired) electrons. The van der Waals surface area contributed by atoms with Crippen LogP contribution < -0.4 is 10.1 Å². The van der Waals surface area contributed by atoms with Crippen LogP contribution in [0.4, 0.5) is 0 Å². The van der Waals surface area contributed by atoms with Crippen molar-refractivity contribution < 1.29 is 9.53 Å². The second-order valence-corrected chi connectivity index (χ2v) is 8.06. The molecular weight excluding hydrogens is 410 g/mol. The van der Waals surface area contributed by atoms with E-state index in [4.69, 9.17) is 4.74 Å². The summed E-state index contributed by atoms with van der Waals surface area (Å²) in [4.78, 5) is 17.9. The third kappa shape index (κ3) is 4.49. The monoisotopic (exact) mass is 433 g/mol. The van der Waals surface area contributed by atoms with Crippen LogP contribution in [0.3, 0.4) is 0 Å². The summed E-state index contributed by atoms with van der Waals surface area (Å²) in [5, 5.41) is 12.3. The maximum Gasteiger partial charge on any atom is 0.263 e. The average molecular weight is 434 g/mol. The van der Waals surface area contributed by atoms with Crippen LogP contribution in [0.5, 0.6) is 5.75 Å². The van der Waals surface area contributed by atoms with Crippen LogP contribution in [0, 0.1) is 13.8 Å². The van der Waals surface area contributed by atoms with E-state index in [0.29, 0.717) is 27.8 Å². The van der Waals surface area contributed by atoms with E-state index in [9.17, 15) is 4.79 Å². The molecule has 158 valence electrons. The number of carbonyl (C=O) groups excluding carboxylic acids is 1. The molecule has 0 unspecified atom stereocenters. The number of aromatic nitrogens is 4. The highest BCUT2D eigenvalue weighted by Crippen LogP contribution is 2.30. The first kappa shape index (κ1) is 20.7. The third-order valence-corrected chi connectivity index (χ3v) is 6.10. The molecule has 2 aromatic carbocycles. The van der Waals surface area contributed by atoms with Gasteiger partial charge in [-0.05, 0) is 38.0 Å². The normalized spacial score (nSPS) is 10.8. The van der Waals surface area contributed by atoms with Gasteiger partial charge in [-0.2, -0.15) is 0 Å². The van der Waals surface area contributed by atoms with Crippen LogP contribution in [0.1, 0.15) is 26.6 Å². The van der Waals surface area contributed by atoms with Crippen LogP contribution in [0.2, 0.25) is 0 Å². The Hall–Kier alpha value is -3.52. The van der Waals surface area contributed by atoms with Crippen LogP contribution in [0.15, 0.2) is 54.6 Å². The molecule has 0 saturated carbocycles. The number of aryl methyl sites for hydroxylation is 1. The maximum absolute atomic E-state index is 12.7. The van der Waals surface area contributed by atoms with Gasteiger partial charge in [-0.1, -0.05) is 41.6 Å². The summed E-state index contributed by atoms with van der Waals surface area (Å²) in [5.74, 6) is 0.628. The number of hydrogen-bond acceptors (Lipinski definition) is 6. The number of carbonyl (C=O) groups is 1. The SMILES string of the molecule is COc1cccc(-n2nnc(-c3nc(C)c(C(=O)NCCc4ccccc4)s3)c2C)c1. The number of nitrogens with one attached hydrogen (secondary N) is 1. The first-order valence-corrected chi connectivity index (χ1v) is 10.7. The van der Waals surface area contributed by atoms with Crippen molar-refractivity contribution in [3.05, 3.63) is 76.4 Å². The Labute approximate surface area is 184 Å². The fraction of sp³-hybridized carbons (Fsp3) is 0.217. The van der Waals surface area contributed by atoms with E-state index in [1.54, 1.807) is 11.8 Å². The van der Waals surface area contributed by atoms with Crippen LogP contribution in [-0.2, 0) is 6.42 Å². The second kappa shape index (κ2) is 9.09. The number of ether oxygens (including phenoxy) is 1. The lowest BCUT2D eigenvalue weighted by molar-refractivity contribution is 0.0957. The molecule has 2 aromatic heterocycles. The van der Waals surface area contributed by atoms with Crippen molar-refractivity contribution in [1.29, 1.82) is 0 Å². The Bertz CT molecular complexity index is 1200. The number of nitrogens with zero attached hydrogens (tertiary/aromatic N) is 4. The Balaban J connectivity index is 1.51. The number of amides is 1. The van der Waals surface area contributed by atoms with Gasteiger partial charge in [0.2, 0.25) is 0 Å². The molecule has 0 aliphatic rings. The van der Waals surface area contributed by atoms with E-state index >= 15 is 0 Å². The number of hydrogen-bond donors (Lipinski definition) is 1. The summed E-state index contributed by atoms with van der Waals surface area (Å²) in [6.45, 7) is 4.35. The Morgan fingerprint density at radius 1 is 1.13 bits per heavy atom. The van der Waals surface area contributed by atoms with Gasteiger partial charge in [0.15, 0.2) is 0 Å². The Morgan fingerprint density at radius 2 is 1.94 bits per heavy atom. The molecule has 0 bridgehead atoms. The number of benzene rings is 2. The van der Waals surface area contributed by atoms with Crippen molar-refractivity contribution in [2.24, 2.45) is 0 Å². The molecule has 4 aromatic rings. The largest absolute Gasteiger partial charge is 0.497 e. The summed E-state index contributed by atoms with van der Waals surface area (Å²) < 4.78 is 7.04. The highest BCUT2D eigenvalue weighted by Gasteiger charge is 2.20. The fourth-order valence-corrected chi connectivity index (χ4v) is 4.29. The van der Waals surface area contributed by atoms with Gasteiger partial charge in [0, 0.05) is 12.6 Å². The number of methoxy groups -OCH3 is 1. The summed E-state index contributed by atoms with van der Waals surface area (Å²) in [7, 11) is 1.63. The van der Waals surface area contributed by atoms with Gasteiger partial charge in [0.05, 0.1) is 24.2 Å². The van der Waals surface area contributed by atoms with E-state index in [2.05, 4.69) is 32.7 Å². The van der Waals surface area contributed by atoms with E-state index in [-0.39, 0.29) is 5.91 Å². The first-order valence-electron chi connectivity index (χ1n) is 9.93. The van der Waals surface area contributed by atoms with E-state index in [0.717, 1.165) is 23.6 Å². The molecule has 0 saturated heterocycles. The summed E-state index contributed by atoms with van der Waals surface area (Å²) in [6.07, 6.45) is 0.783. The van der Waals surface area contributed by atoms with Gasteiger partial charge >= 0.3 is 0 Å². The minimum absolute atomic E-state index is 0.116. The predicted molar refractivity (Wildman–Crippen MR) is 121 cm³/mol. The van der Waals surface area contributed by atoms with Gasteiger partial charge in [-0.15, -0.1) is 16.4 Å². The second-order valence-electron chi connectivity index (χ2n) is 7.06. The van der Waals surface area contributed by atoms with Crippen LogP contribution >= 0.6 is 11.3 Å².